The number of aromatic nitrogens is 4. The molecule has 0 bridgehead atoms. The highest BCUT2D eigenvalue weighted by Gasteiger charge is 2.22. The molecule has 0 unspecified atom stereocenters. The van der Waals surface area contributed by atoms with Crippen molar-refractivity contribution in [2.24, 2.45) is 0 Å². The van der Waals surface area contributed by atoms with Crippen LogP contribution in [0.1, 0.15) is 11.1 Å². The number of carbonyl (C=O) groups is 1. The van der Waals surface area contributed by atoms with Crippen LogP contribution in [0.15, 0.2) is 90.3 Å². The number of hydrogen-bond acceptors (Lipinski definition) is 6. The molecule has 0 aliphatic carbocycles. The predicted octanol–water partition coefficient (Wildman–Crippen LogP) is 3.82. The van der Waals surface area contributed by atoms with Crippen LogP contribution in [0.5, 0.6) is 0 Å². The van der Waals surface area contributed by atoms with Gasteiger partial charge in [-0.1, -0.05) is 72.4 Å². The van der Waals surface area contributed by atoms with Crippen molar-refractivity contribution in [3.05, 3.63) is 96.3 Å². The van der Waals surface area contributed by atoms with Crippen molar-refractivity contribution in [2.45, 2.75) is 18.2 Å². The van der Waals surface area contributed by atoms with Crippen LogP contribution in [-0.2, 0) is 17.9 Å². The van der Waals surface area contributed by atoms with Crippen molar-refractivity contribution in [3.63, 3.8) is 0 Å². The summed E-state index contributed by atoms with van der Waals surface area (Å²) in [7, 11) is 0. The van der Waals surface area contributed by atoms with Crippen molar-refractivity contribution in [3.8, 4) is 11.4 Å². The predicted molar refractivity (Wildman–Crippen MR) is 138 cm³/mol. The van der Waals surface area contributed by atoms with E-state index in [9.17, 15) is 4.79 Å². The van der Waals surface area contributed by atoms with Gasteiger partial charge in [-0.15, -0.1) is 10.2 Å². The summed E-state index contributed by atoms with van der Waals surface area (Å²) < 4.78 is 2.08. The molecule has 1 aliphatic heterocycles. The second kappa shape index (κ2) is 11.3. The van der Waals surface area contributed by atoms with Crippen molar-refractivity contribution in [1.29, 1.82) is 0 Å². The highest BCUT2D eigenvalue weighted by atomic mass is 32.2. The molecule has 5 rings (SSSR count). The van der Waals surface area contributed by atoms with Gasteiger partial charge in [0.2, 0.25) is 5.91 Å². The Morgan fingerprint density at radius 2 is 1.40 bits per heavy atom. The zero-order valence-corrected chi connectivity index (χ0v) is 20.3. The fraction of sp³-hybridized carbons (Fsp3) is 0.259. The fourth-order valence-corrected chi connectivity index (χ4v) is 5.07. The molecule has 8 heteroatoms. The van der Waals surface area contributed by atoms with E-state index in [0.29, 0.717) is 12.3 Å². The molecule has 0 radical (unpaired) electrons. The summed E-state index contributed by atoms with van der Waals surface area (Å²) in [5.41, 5.74) is 3.42. The first-order valence-corrected chi connectivity index (χ1v) is 12.8. The minimum absolute atomic E-state index is 0.147. The van der Waals surface area contributed by atoms with Crippen LogP contribution in [0.25, 0.3) is 11.4 Å². The monoisotopic (exact) mass is 484 g/mol. The molecule has 1 fully saturated rings. The minimum atomic E-state index is 0.147. The second-order valence-electron chi connectivity index (χ2n) is 8.55. The number of thioether (sulfide) groups is 1. The van der Waals surface area contributed by atoms with Gasteiger partial charge in [0.25, 0.3) is 0 Å². The molecule has 178 valence electrons. The fourth-order valence-electron chi connectivity index (χ4n) is 4.23. The molecule has 0 N–H and O–H groups in total. The van der Waals surface area contributed by atoms with Crippen LogP contribution >= 0.6 is 11.8 Å². The van der Waals surface area contributed by atoms with Gasteiger partial charge in [0.1, 0.15) is 0 Å². The molecule has 7 nitrogen and oxygen atoms in total. The van der Waals surface area contributed by atoms with E-state index in [1.54, 1.807) is 12.4 Å². The zero-order chi connectivity index (χ0) is 23.9. The molecule has 0 spiro atoms. The second-order valence-corrected chi connectivity index (χ2v) is 9.49. The number of piperazine rings is 1. The molecule has 0 saturated carbocycles. The lowest BCUT2D eigenvalue weighted by molar-refractivity contribution is -0.130. The van der Waals surface area contributed by atoms with Gasteiger partial charge >= 0.3 is 0 Å². The molecule has 1 saturated heterocycles. The molecule has 3 heterocycles. The van der Waals surface area contributed by atoms with Crippen LogP contribution in [0.3, 0.4) is 0 Å². The maximum absolute atomic E-state index is 13.0. The van der Waals surface area contributed by atoms with Crippen LogP contribution in [0, 0.1) is 0 Å². The lowest BCUT2D eigenvalue weighted by Crippen LogP contribution is -2.48. The van der Waals surface area contributed by atoms with E-state index in [-0.39, 0.29) is 5.91 Å². The van der Waals surface area contributed by atoms with Crippen molar-refractivity contribution >= 4 is 17.7 Å². The first-order valence-electron chi connectivity index (χ1n) is 11.8. The largest absolute Gasteiger partial charge is 0.339 e. The Morgan fingerprint density at radius 3 is 2.06 bits per heavy atom. The van der Waals surface area contributed by atoms with Gasteiger partial charge in [0.15, 0.2) is 11.0 Å². The Hall–Kier alpha value is -3.49. The molecule has 35 heavy (non-hydrogen) atoms. The number of carbonyl (C=O) groups excluding carboxylic acids is 1. The number of pyridine rings is 1. The minimum Gasteiger partial charge on any atom is -0.339 e. The van der Waals surface area contributed by atoms with E-state index in [4.69, 9.17) is 0 Å². The Bertz CT molecular complexity index is 1220. The number of rotatable bonds is 8. The van der Waals surface area contributed by atoms with Gasteiger partial charge < -0.3 is 4.90 Å². The topological polar surface area (TPSA) is 67.2 Å². The third kappa shape index (κ3) is 5.96. The molecule has 1 aliphatic rings. The standard InChI is InChI=1S/C27H28N6OS/c34-25(32-17-15-31(16-18-32)19-22-7-3-1-4-8-22)21-35-27-30-29-26(24-11-13-28-14-12-24)33(27)20-23-9-5-2-6-10-23/h1-14H,15-21H2. The number of benzene rings is 2. The van der Waals surface area contributed by atoms with Gasteiger partial charge in [-0.25, -0.2) is 0 Å². The lowest BCUT2D eigenvalue weighted by Gasteiger charge is -2.34. The van der Waals surface area contributed by atoms with Gasteiger partial charge in [-0.05, 0) is 23.3 Å². The van der Waals surface area contributed by atoms with E-state index >= 15 is 0 Å². The smallest absolute Gasteiger partial charge is 0.233 e. The van der Waals surface area contributed by atoms with Crippen molar-refractivity contribution in [2.75, 3.05) is 31.9 Å². The van der Waals surface area contributed by atoms with Crippen LogP contribution in [0.4, 0.5) is 0 Å². The summed E-state index contributed by atoms with van der Waals surface area (Å²) in [5.74, 6) is 1.27. The highest BCUT2D eigenvalue weighted by molar-refractivity contribution is 7.99. The average Bonchev–Trinajstić information content (AvgIpc) is 3.31. The van der Waals surface area contributed by atoms with Crippen LogP contribution in [0.2, 0.25) is 0 Å². The van der Waals surface area contributed by atoms with Crippen LogP contribution < -0.4 is 0 Å². The SMILES string of the molecule is O=C(CSc1nnc(-c2ccncc2)n1Cc1ccccc1)N1CCN(Cc2ccccc2)CC1. The van der Waals surface area contributed by atoms with E-state index in [1.807, 2.05) is 41.3 Å². The Balaban J connectivity index is 1.22. The first-order chi connectivity index (χ1) is 17.3. The quantitative estimate of drug-likeness (QED) is 0.354. The zero-order valence-electron chi connectivity index (χ0n) is 19.5. The molecule has 2 aromatic carbocycles. The molecular formula is C27H28N6OS. The maximum Gasteiger partial charge on any atom is 0.233 e. The summed E-state index contributed by atoms with van der Waals surface area (Å²) >= 11 is 1.46. The van der Waals surface area contributed by atoms with Gasteiger partial charge in [-0.2, -0.15) is 0 Å². The summed E-state index contributed by atoms with van der Waals surface area (Å²) in [4.78, 5) is 21.5. The number of amides is 1. The summed E-state index contributed by atoms with van der Waals surface area (Å²) in [6.45, 7) is 4.86. The third-order valence-corrected chi connectivity index (χ3v) is 7.09. The highest BCUT2D eigenvalue weighted by Crippen LogP contribution is 2.25. The molecule has 2 aromatic heterocycles. The van der Waals surface area contributed by atoms with Gasteiger partial charge in [0, 0.05) is 50.7 Å². The molecule has 1 amide bonds. The van der Waals surface area contributed by atoms with E-state index < -0.39 is 0 Å². The average molecular weight is 485 g/mol. The lowest BCUT2D eigenvalue weighted by atomic mass is 10.2. The van der Waals surface area contributed by atoms with E-state index in [2.05, 4.69) is 61.0 Å². The van der Waals surface area contributed by atoms with Gasteiger partial charge in [0.05, 0.1) is 12.3 Å². The first kappa shape index (κ1) is 23.3. The third-order valence-electron chi connectivity index (χ3n) is 6.14. The Morgan fingerprint density at radius 1 is 0.771 bits per heavy atom. The number of hydrogen-bond donors (Lipinski definition) is 0. The van der Waals surface area contributed by atoms with Crippen molar-refractivity contribution in [1.82, 2.24) is 29.5 Å². The summed E-state index contributed by atoms with van der Waals surface area (Å²) in [6.07, 6.45) is 3.51. The van der Waals surface area contributed by atoms with Crippen molar-refractivity contribution < 1.29 is 4.79 Å². The molecule has 4 aromatic rings. The Labute approximate surface area is 209 Å². The van der Waals surface area contributed by atoms with Crippen LogP contribution in [-0.4, -0.2) is 67.4 Å². The van der Waals surface area contributed by atoms with E-state index in [1.165, 1.54) is 17.3 Å². The Kier molecular flexibility index (Phi) is 7.50. The summed E-state index contributed by atoms with van der Waals surface area (Å²) in [5, 5.41) is 9.64. The van der Waals surface area contributed by atoms with E-state index in [0.717, 1.165) is 54.8 Å². The maximum atomic E-state index is 13.0. The normalized spacial score (nSPS) is 14.2. The number of nitrogens with zero attached hydrogens (tertiary/aromatic N) is 6. The molecular weight excluding hydrogens is 456 g/mol. The summed E-state index contributed by atoms with van der Waals surface area (Å²) in [6, 6.07) is 24.6. The van der Waals surface area contributed by atoms with Gasteiger partial charge in [-0.3, -0.25) is 19.2 Å². The molecule has 0 atom stereocenters.